The fourth-order valence-corrected chi connectivity index (χ4v) is 1.97. The van der Waals surface area contributed by atoms with E-state index in [2.05, 4.69) is 17.1 Å². The Hall–Kier alpha value is -1.01. The number of hydrogen-bond acceptors (Lipinski definition) is 4. The van der Waals surface area contributed by atoms with Crippen molar-refractivity contribution in [2.75, 3.05) is 37.3 Å². The molecule has 0 bridgehead atoms. The van der Waals surface area contributed by atoms with Gasteiger partial charge in [0.05, 0.1) is 18.0 Å². The molecule has 1 unspecified atom stereocenters. The lowest BCUT2D eigenvalue weighted by Gasteiger charge is -2.31. The van der Waals surface area contributed by atoms with Crippen LogP contribution in [0.5, 0.6) is 0 Å². The van der Waals surface area contributed by atoms with Gasteiger partial charge in [-0.25, -0.2) is 0 Å². The highest BCUT2D eigenvalue weighted by molar-refractivity contribution is 5.96. The summed E-state index contributed by atoms with van der Waals surface area (Å²) in [6.45, 7) is 5.12. The van der Waals surface area contributed by atoms with Gasteiger partial charge in [-0.1, -0.05) is 19.1 Å². The third-order valence-electron chi connectivity index (χ3n) is 3.11. The van der Waals surface area contributed by atoms with Crippen molar-refractivity contribution in [2.24, 2.45) is 0 Å². The molecular formula is C13H21Cl2N3O2. The van der Waals surface area contributed by atoms with E-state index >= 15 is 0 Å². The third-order valence-corrected chi connectivity index (χ3v) is 3.11. The number of anilines is 2. The first kappa shape index (κ1) is 19.0. The number of likely N-dealkylation sites (N-methyl/N-ethyl adjacent to an activating group) is 1. The Bertz CT molecular complexity index is 432. The standard InChI is InChI=1S/C13H19N3O2.2ClH/c1-2-16-7-8-18-12(9-16)13(17)15-11-6-4-3-5-10(11)14;;/h3-6,12H,2,7-9,14H2,1H3,(H,15,17);2*1H. The van der Waals surface area contributed by atoms with Crippen LogP contribution in [0.4, 0.5) is 11.4 Å². The minimum Gasteiger partial charge on any atom is -0.397 e. The second kappa shape index (κ2) is 9.02. The zero-order chi connectivity index (χ0) is 13.0. The number of rotatable bonds is 3. The van der Waals surface area contributed by atoms with Crippen LogP contribution in [0.15, 0.2) is 24.3 Å². The van der Waals surface area contributed by atoms with E-state index in [1.165, 1.54) is 0 Å². The van der Waals surface area contributed by atoms with Gasteiger partial charge in [-0.15, -0.1) is 24.8 Å². The van der Waals surface area contributed by atoms with Gasteiger partial charge in [-0.05, 0) is 18.7 Å². The molecule has 0 aromatic heterocycles. The minimum absolute atomic E-state index is 0. The van der Waals surface area contributed by atoms with Crippen LogP contribution in [0, 0.1) is 0 Å². The topological polar surface area (TPSA) is 67.6 Å². The van der Waals surface area contributed by atoms with Crippen LogP contribution in [0.25, 0.3) is 0 Å². The highest BCUT2D eigenvalue weighted by atomic mass is 35.5. The molecule has 1 aromatic rings. The summed E-state index contributed by atoms with van der Waals surface area (Å²) in [6, 6.07) is 7.22. The Kier molecular flexibility index (Phi) is 8.57. The van der Waals surface area contributed by atoms with Crippen molar-refractivity contribution in [3.63, 3.8) is 0 Å². The van der Waals surface area contributed by atoms with Crippen molar-refractivity contribution in [3.8, 4) is 0 Å². The van der Waals surface area contributed by atoms with Gasteiger partial charge in [-0.2, -0.15) is 0 Å². The van der Waals surface area contributed by atoms with E-state index < -0.39 is 6.10 Å². The van der Waals surface area contributed by atoms with Gasteiger partial charge >= 0.3 is 0 Å². The molecule has 0 spiro atoms. The quantitative estimate of drug-likeness (QED) is 0.833. The Morgan fingerprint density at radius 3 is 2.80 bits per heavy atom. The molecule has 1 heterocycles. The van der Waals surface area contributed by atoms with Gasteiger partial charge in [0.1, 0.15) is 6.10 Å². The fraction of sp³-hybridized carbons (Fsp3) is 0.462. The Labute approximate surface area is 131 Å². The molecule has 7 heteroatoms. The van der Waals surface area contributed by atoms with Gasteiger partial charge in [-0.3, -0.25) is 9.69 Å². The molecule has 1 atom stereocenters. The molecule has 5 nitrogen and oxygen atoms in total. The highest BCUT2D eigenvalue weighted by Crippen LogP contribution is 2.17. The molecule has 1 aromatic carbocycles. The maximum atomic E-state index is 12.1. The minimum atomic E-state index is -0.418. The number of ether oxygens (including phenoxy) is 1. The second-order valence-electron chi connectivity index (χ2n) is 4.33. The molecule has 1 aliphatic rings. The van der Waals surface area contributed by atoms with Crippen molar-refractivity contribution in [1.82, 2.24) is 4.90 Å². The largest absolute Gasteiger partial charge is 0.397 e. The summed E-state index contributed by atoms with van der Waals surface area (Å²) in [5.41, 5.74) is 6.99. The van der Waals surface area contributed by atoms with Crippen LogP contribution in [0.2, 0.25) is 0 Å². The fourth-order valence-electron chi connectivity index (χ4n) is 1.97. The predicted molar refractivity (Wildman–Crippen MR) is 85.8 cm³/mol. The van der Waals surface area contributed by atoms with Crippen molar-refractivity contribution >= 4 is 42.1 Å². The van der Waals surface area contributed by atoms with Crippen LogP contribution in [-0.2, 0) is 9.53 Å². The average molecular weight is 322 g/mol. The summed E-state index contributed by atoms with van der Waals surface area (Å²) in [5, 5.41) is 2.81. The molecular weight excluding hydrogens is 301 g/mol. The lowest BCUT2D eigenvalue weighted by atomic mass is 10.2. The SMILES string of the molecule is CCN1CCOC(C(=O)Nc2ccccc2N)C1.Cl.Cl. The number of carbonyl (C=O) groups excluding carboxylic acids is 1. The molecule has 114 valence electrons. The number of carbonyl (C=O) groups is 1. The number of nitrogens with one attached hydrogen (secondary N) is 1. The molecule has 1 aliphatic heterocycles. The molecule has 0 saturated carbocycles. The summed E-state index contributed by atoms with van der Waals surface area (Å²) in [5.74, 6) is -0.133. The zero-order valence-corrected chi connectivity index (χ0v) is 13.0. The van der Waals surface area contributed by atoms with Crippen LogP contribution in [-0.4, -0.2) is 43.2 Å². The number of hydrogen-bond donors (Lipinski definition) is 2. The first-order chi connectivity index (χ1) is 8.70. The maximum absolute atomic E-state index is 12.1. The number of benzene rings is 1. The number of nitrogens with zero attached hydrogens (tertiary/aromatic N) is 1. The van der Waals surface area contributed by atoms with E-state index in [0.29, 0.717) is 24.5 Å². The normalized spacial score (nSPS) is 18.6. The molecule has 1 fully saturated rings. The van der Waals surface area contributed by atoms with Gasteiger partial charge in [0, 0.05) is 13.1 Å². The van der Waals surface area contributed by atoms with Crippen LogP contribution in [0.1, 0.15) is 6.92 Å². The molecule has 3 N–H and O–H groups in total. The summed E-state index contributed by atoms with van der Waals surface area (Å²) >= 11 is 0. The lowest BCUT2D eigenvalue weighted by Crippen LogP contribution is -2.47. The second-order valence-corrected chi connectivity index (χ2v) is 4.33. The maximum Gasteiger partial charge on any atom is 0.254 e. The number of amides is 1. The predicted octanol–water partition coefficient (Wildman–Crippen LogP) is 1.77. The van der Waals surface area contributed by atoms with E-state index in [-0.39, 0.29) is 30.7 Å². The van der Waals surface area contributed by atoms with Gasteiger partial charge in [0.25, 0.3) is 5.91 Å². The van der Waals surface area contributed by atoms with Gasteiger partial charge in [0.15, 0.2) is 0 Å². The van der Waals surface area contributed by atoms with E-state index in [1.54, 1.807) is 12.1 Å². The monoisotopic (exact) mass is 321 g/mol. The van der Waals surface area contributed by atoms with E-state index in [9.17, 15) is 4.79 Å². The zero-order valence-electron chi connectivity index (χ0n) is 11.4. The summed E-state index contributed by atoms with van der Waals surface area (Å²) < 4.78 is 5.49. The lowest BCUT2D eigenvalue weighted by molar-refractivity contribution is -0.132. The molecule has 0 radical (unpaired) electrons. The van der Waals surface area contributed by atoms with Crippen molar-refractivity contribution < 1.29 is 9.53 Å². The molecule has 1 saturated heterocycles. The Balaban J connectivity index is 0.00000180. The highest BCUT2D eigenvalue weighted by Gasteiger charge is 2.26. The smallest absolute Gasteiger partial charge is 0.254 e. The first-order valence-corrected chi connectivity index (χ1v) is 6.20. The van der Waals surface area contributed by atoms with E-state index in [4.69, 9.17) is 10.5 Å². The molecule has 20 heavy (non-hydrogen) atoms. The molecule has 1 amide bonds. The first-order valence-electron chi connectivity index (χ1n) is 6.20. The number of morpholine rings is 1. The van der Waals surface area contributed by atoms with Crippen molar-refractivity contribution in [3.05, 3.63) is 24.3 Å². The third kappa shape index (κ3) is 4.83. The summed E-state index contributed by atoms with van der Waals surface area (Å²) in [4.78, 5) is 14.3. The Morgan fingerprint density at radius 1 is 1.45 bits per heavy atom. The van der Waals surface area contributed by atoms with Crippen LogP contribution < -0.4 is 11.1 Å². The van der Waals surface area contributed by atoms with E-state index in [1.807, 2.05) is 12.1 Å². The Morgan fingerprint density at radius 2 is 2.15 bits per heavy atom. The van der Waals surface area contributed by atoms with Gasteiger partial charge in [0.2, 0.25) is 0 Å². The van der Waals surface area contributed by atoms with Gasteiger partial charge < -0.3 is 15.8 Å². The summed E-state index contributed by atoms with van der Waals surface area (Å²) in [6.07, 6.45) is -0.418. The molecule has 0 aliphatic carbocycles. The summed E-state index contributed by atoms with van der Waals surface area (Å²) in [7, 11) is 0. The average Bonchev–Trinajstić information content (AvgIpc) is 2.41. The number of nitrogens with two attached hydrogens (primary N) is 1. The van der Waals surface area contributed by atoms with Crippen LogP contribution in [0.3, 0.4) is 0 Å². The number of para-hydroxylation sites is 2. The molecule has 2 rings (SSSR count). The van der Waals surface area contributed by atoms with Crippen LogP contribution >= 0.6 is 24.8 Å². The number of nitrogen functional groups attached to an aromatic ring is 1. The number of halogens is 2. The van der Waals surface area contributed by atoms with Crippen molar-refractivity contribution in [2.45, 2.75) is 13.0 Å². The van der Waals surface area contributed by atoms with Crippen molar-refractivity contribution in [1.29, 1.82) is 0 Å². The van der Waals surface area contributed by atoms with E-state index in [0.717, 1.165) is 13.1 Å².